The maximum absolute atomic E-state index is 13.1. The number of ether oxygens (including phenoxy) is 4. The van der Waals surface area contributed by atoms with Crippen LogP contribution in [0.3, 0.4) is 0 Å². The second kappa shape index (κ2) is 13.6. The molecule has 0 radical (unpaired) electrons. The highest BCUT2D eigenvalue weighted by atomic mass is 32.2. The number of amides is 2. The molecule has 1 aromatic rings. The lowest BCUT2D eigenvalue weighted by atomic mass is 10.2. The molecule has 0 heterocycles. The molecule has 212 valence electrons. The summed E-state index contributed by atoms with van der Waals surface area (Å²) in [6, 6.07) is 6.11. The molecule has 0 unspecified atom stereocenters. The monoisotopic (exact) mass is 555 g/mol. The van der Waals surface area contributed by atoms with E-state index in [1.807, 2.05) is 0 Å². The quantitative estimate of drug-likeness (QED) is 0.166. The number of sulfonamides is 1. The van der Waals surface area contributed by atoms with Crippen LogP contribution in [0.25, 0.3) is 0 Å². The van der Waals surface area contributed by atoms with Crippen molar-refractivity contribution in [1.29, 1.82) is 0 Å². The topological polar surface area (TPSA) is 158 Å². The second-order valence-corrected chi connectivity index (χ2v) is 11.2. The van der Waals surface area contributed by atoms with E-state index in [2.05, 4.69) is 26.7 Å². The van der Waals surface area contributed by atoms with Crippen LogP contribution in [-0.4, -0.2) is 77.6 Å². The zero-order chi connectivity index (χ0) is 28.4. The van der Waals surface area contributed by atoms with Crippen molar-refractivity contribution in [2.45, 2.75) is 49.6 Å². The molecule has 38 heavy (non-hydrogen) atoms. The van der Waals surface area contributed by atoms with Crippen molar-refractivity contribution in [3.8, 4) is 0 Å². The molecule has 0 aliphatic heterocycles. The van der Waals surface area contributed by atoms with Gasteiger partial charge >= 0.3 is 12.1 Å². The van der Waals surface area contributed by atoms with E-state index in [0.29, 0.717) is 6.61 Å². The molecule has 1 aliphatic rings. The van der Waals surface area contributed by atoms with Crippen molar-refractivity contribution in [1.82, 2.24) is 10.0 Å². The van der Waals surface area contributed by atoms with Gasteiger partial charge in [0.25, 0.3) is 15.9 Å². The first-order valence-corrected chi connectivity index (χ1v) is 13.6. The lowest BCUT2D eigenvalue weighted by Gasteiger charge is -2.24. The zero-order valence-corrected chi connectivity index (χ0v) is 23.0. The van der Waals surface area contributed by atoms with Crippen molar-refractivity contribution < 1.29 is 41.7 Å². The Bertz CT molecular complexity index is 1100. The molecule has 0 aromatic heterocycles. The van der Waals surface area contributed by atoms with Gasteiger partial charge in [-0.3, -0.25) is 9.59 Å². The molecule has 1 fully saturated rings. The summed E-state index contributed by atoms with van der Waals surface area (Å²) in [5.41, 5.74) is -1.99. The van der Waals surface area contributed by atoms with Gasteiger partial charge in [-0.2, -0.15) is 0 Å². The molecule has 2 atom stereocenters. The fraction of sp³-hybridized carbons (Fsp3) is 0.560. The lowest BCUT2D eigenvalue weighted by Crippen LogP contribution is -2.52. The minimum Gasteiger partial charge on any atom is -0.469 e. The summed E-state index contributed by atoms with van der Waals surface area (Å²) in [5, 5.41) is 5.50. The van der Waals surface area contributed by atoms with E-state index in [9.17, 15) is 22.8 Å². The van der Waals surface area contributed by atoms with Crippen molar-refractivity contribution in [3.63, 3.8) is 0 Å². The number of hydrogen-bond donors (Lipinski definition) is 3. The van der Waals surface area contributed by atoms with E-state index in [4.69, 9.17) is 14.2 Å². The number of methoxy groups -OCH3 is 1. The highest BCUT2D eigenvalue weighted by molar-refractivity contribution is 7.90. The summed E-state index contributed by atoms with van der Waals surface area (Å²) >= 11 is 0. The Kier molecular flexibility index (Phi) is 11.1. The van der Waals surface area contributed by atoms with Crippen molar-refractivity contribution in [2.75, 3.05) is 45.4 Å². The van der Waals surface area contributed by atoms with Gasteiger partial charge in [0.15, 0.2) is 0 Å². The molecule has 1 aromatic carbocycles. The van der Waals surface area contributed by atoms with Crippen molar-refractivity contribution >= 4 is 33.7 Å². The first-order valence-electron chi connectivity index (χ1n) is 12.1. The van der Waals surface area contributed by atoms with Crippen LogP contribution in [0.4, 0.5) is 10.5 Å². The van der Waals surface area contributed by atoms with Gasteiger partial charge in [-0.25, -0.2) is 17.9 Å². The van der Waals surface area contributed by atoms with Gasteiger partial charge in [0.2, 0.25) is 0 Å². The molecule has 0 spiro atoms. The van der Waals surface area contributed by atoms with Crippen molar-refractivity contribution in [2.24, 2.45) is 5.92 Å². The molecule has 0 bridgehead atoms. The lowest BCUT2D eigenvalue weighted by molar-refractivity contribution is -0.142. The SMILES string of the molecule is C=C[C@@H]1C[C@]1(NC(=O)OC(C)(C)C)C(=O)NS(=O)(=O)c1ccccc1NCCOCCOCCC(=O)OC. The predicted molar refractivity (Wildman–Crippen MR) is 139 cm³/mol. The summed E-state index contributed by atoms with van der Waals surface area (Å²) < 4.78 is 48.8. The van der Waals surface area contributed by atoms with Crippen LogP contribution >= 0.6 is 0 Å². The maximum atomic E-state index is 13.1. The number of para-hydroxylation sites is 1. The molecule has 12 nitrogen and oxygen atoms in total. The van der Waals surface area contributed by atoms with Crippen LogP contribution in [0.5, 0.6) is 0 Å². The molecular weight excluding hydrogens is 518 g/mol. The van der Waals surface area contributed by atoms with E-state index in [-0.39, 0.29) is 55.8 Å². The van der Waals surface area contributed by atoms with Gasteiger partial charge in [0, 0.05) is 12.5 Å². The summed E-state index contributed by atoms with van der Waals surface area (Å²) in [4.78, 5) is 36.3. The predicted octanol–water partition coefficient (Wildman–Crippen LogP) is 1.97. The Hall–Kier alpha value is -3.16. The normalized spacial score (nSPS) is 18.7. The highest BCUT2D eigenvalue weighted by Crippen LogP contribution is 2.45. The van der Waals surface area contributed by atoms with Gasteiger partial charge in [-0.1, -0.05) is 18.2 Å². The van der Waals surface area contributed by atoms with Gasteiger partial charge in [-0.05, 0) is 39.3 Å². The van der Waals surface area contributed by atoms with Crippen molar-refractivity contribution in [3.05, 3.63) is 36.9 Å². The van der Waals surface area contributed by atoms with Crippen LogP contribution in [0, 0.1) is 5.92 Å². The average Bonchev–Trinajstić information content (AvgIpc) is 3.55. The third-order valence-corrected chi connectivity index (χ3v) is 6.83. The number of benzene rings is 1. The Labute approximate surface area is 223 Å². The number of carbonyl (C=O) groups excluding carboxylic acids is 3. The number of hydrogen-bond acceptors (Lipinski definition) is 10. The third-order valence-electron chi connectivity index (χ3n) is 5.44. The van der Waals surface area contributed by atoms with Gasteiger partial charge in [0.05, 0.1) is 45.6 Å². The second-order valence-electron chi connectivity index (χ2n) is 9.55. The highest BCUT2D eigenvalue weighted by Gasteiger charge is 2.61. The minimum absolute atomic E-state index is 0.136. The largest absolute Gasteiger partial charge is 0.469 e. The Morgan fingerprint density at radius 2 is 1.76 bits per heavy atom. The molecule has 2 rings (SSSR count). The van der Waals surface area contributed by atoms with Crippen LogP contribution in [0.2, 0.25) is 0 Å². The van der Waals surface area contributed by atoms with E-state index >= 15 is 0 Å². The molecule has 1 aliphatic carbocycles. The van der Waals surface area contributed by atoms with Gasteiger partial charge in [0.1, 0.15) is 16.0 Å². The first kappa shape index (κ1) is 31.1. The molecule has 13 heteroatoms. The zero-order valence-electron chi connectivity index (χ0n) is 22.2. The number of nitrogens with one attached hydrogen (secondary N) is 3. The fourth-order valence-electron chi connectivity index (χ4n) is 3.47. The molecule has 3 N–H and O–H groups in total. The first-order chi connectivity index (χ1) is 17.8. The summed E-state index contributed by atoms with van der Waals surface area (Å²) in [6.45, 7) is 10.0. The van der Waals surface area contributed by atoms with Crippen LogP contribution in [-0.2, 0) is 38.6 Å². The molecule has 0 saturated heterocycles. The minimum atomic E-state index is -4.29. The maximum Gasteiger partial charge on any atom is 0.408 e. The molecule has 2 amide bonds. The van der Waals surface area contributed by atoms with E-state index in [1.165, 1.54) is 25.3 Å². The summed E-state index contributed by atoms with van der Waals surface area (Å²) in [5.74, 6) is -1.68. The number of carbonyl (C=O) groups is 3. The Morgan fingerprint density at radius 1 is 1.11 bits per heavy atom. The van der Waals surface area contributed by atoms with Crippen LogP contribution in [0.1, 0.15) is 33.6 Å². The van der Waals surface area contributed by atoms with Gasteiger partial charge in [-0.15, -0.1) is 6.58 Å². The smallest absolute Gasteiger partial charge is 0.408 e. The summed E-state index contributed by atoms with van der Waals surface area (Å²) in [6.07, 6.45) is 1.02. The third kappa shape index (κ3) is 9.30. The average molecular weight is 556 g/mol. The van der Waals surface area contributed by atoms with Gasteiger partial charge < -0.3 is 29.6 Å². The standard InChI is InChI=1S/C25H37N3O9S/c1-6-18-17-25(18,27-23(31)37-24(2,3)4)22(30)28-38(32,33)20-10-8-7-9-19(20)26-12-14-36-16-15-35-13-11-21(29)34-5/h6-10,18,26H,1,11-17H2,2-5H3,(H,27,31)(H,28,30)/t18-,25-/m1/s1. The number of anilines is 1. The number of rotatable bonds is 15. The molecule has 1 saturated carbocycles. The van der Waals surface area contributed by atoms with E-state index < -0.39 is 39.1 Å². The Balaban J connectivity index is 1.92. The number of esters is 1. The van der Waals surface area contributed by atoms with E-state index in [1.54, 1.807) is 32.9 Å². The van der Waals surface area contributed by atoms with E-state index in [0.717, 1.165) is 0 Å². The molecular formula is C25H37N3O9S. The van der Waals surface area contributed by atoms with Crippen LogP contribution in [0.15, 0.2) is 41.8 Å². The fourth-order valence-corrected chi connectivity index (χ4v) is 4.70. The summed E-state index contributed by atoms with van der Waals surface area (Å²) in [7, 11) is -2.98. The Morgan fingerprint density at radius 3 is 2.37 bits per heavy atom. The van der Waals surface area contributed by atoms with Crippen LogP contribution < -0.4 is 15.4 Å². The number of alkyl carbamates (subject to hydrolysis) is 1.